The summed E-state index contributed by atoms with van der Waals surface area (Å²) < 4.78 is 20.0. The summed E-state index contributed by atoms with van der Waals surface area (Å²) in [7, 11) is 5.66. The van der Waals surface area contributed by atoms with Crippen molar-refractivity contribution in [2.24, 2.45) is 0 Å². The summed E-state index contributed by atoms with van der Waals surface area (Å²) in [5, 5.41) is 19.8. The summed E-state index contributed by atoms with van der Waals surface area (Å²) in [6.07, 6.45) is 3.83. The van der Waals surface area contributed by atoms with Gasteiger partial charge in [-0.1, -0.05) is 25.1 Å². The minimum absolute atomic E-state index is 0.116. The van der Waals surface area contributed by atoms with Gasteiger partial charge in [-0.3, -0.25) is 4.79 Å². The van der Waals surface area contributed by atoms with E-state index in [2.05, 4.69) is 61.4 Å². The van der Waals surface area contributed by atoms with Crippen LogP contribution in [0.2, 0.25) is 5.02 Å². The molecule has 2 heterocycles. The lowest BCUT2D eigenvalue weighted by molar-refractivity contribution is -0.111. The zero-order chi connectivity index (χ0) is 30.6. The van der Waals surface area contributed by atoms with Crippen molar-refractivity contribution in [3.63, 3.8) is 0 Å². The quantitative estimate of drug-likeness (QED) is 0.223. The highest BCUT2D eigenvalue weighted by atomic mass is 35.5. The van der Waals surface area contributed by atoms with Crippen LogP contribution in [0.5, 0.6) is 5.75 Å². The second-order valence-electron chi connectivity index (χ2n) is 10.4. The van der Waals surface area contributed by atoms with Gasteiger partial charge in [0.1, 0.15) is 17.9 Å². The molecular formula is C29H36ClFN8O3. The molecule has 0 bridgehead atoms. The van der Waals surface area contributed by atoms with Crippen LogP contribution in [0.3, 0.4) is 0 Å². The number of aliphatic hydroxyl groups is 1. The fraction of sp³-hybridized carbons (Fsp3) is 0.379. The van der Waals surface area contributed by atoms with Gasteiger partial charge in [-0.25, -0.2) is 14.4 Å². The first-order chi connectivity index (χ1) is 19.9. The number of hydrogen-bond acceptors (Lipinski definition) is 10. The number of halogens is 2. The van der Waals surface area contributed by atoms with Crippen LogP contribution < -0.4 is 25.6 Å². The number of carbonyl (C=O) groups is 1. The third kappa shape index (κ3) is 6.89. The highest BCUT2D eigenvalue weighted by molar-refractivity contribution is 6.31. The molecule has 1 aliphatic rings. The largest absolute Gasteiger partial charge is 0.494 e. The molecule has 0 spiro atoms. The number of likely N-dealkylation sites (N-methyl/N-ethyl adjacent to an activating group) is 1. The zero-order valence-electron chi connectivity index (χ0n) is 24.3. The highest BCUT2D eigenvalue weighted by Gasteiger charge is 2.28. The summed E-state index contributed by atoms with van der Waals surface area (Å²) >= 11 is 6.04. The van der Waals surface area contributed by atoms with E-state index in [0.29, 0.717) is 40.8 Å². The van der Waals surface area contributed by atoms with E-state index < -0.39 is 11.4 Å². The van der Waals surface area contributed by atoms with Crippen molar-refractivity contribution in [2.45, 2.75) is 38.3 Å². The fourth-order valence-corrected chi connectivity index (χ4v) is 4.87. The normalized spacial score (nSPS) is 16.2. The molecular weight excluding hydrogens is 563 g/mol. The van der Waals surface area contributed by atoms with E-state index in [1.165, 1.54) is 24.5 Å². The molecule has 4 rings (SSSR count). The molecule has 2 aromatic carbocycles. The average Bonchev–Trinajstić information content (AvgIpc) is 3.46. The molecule has 0 saturated carbocycles. The van der Waals surface area contributed by atoms with Gasteiger partial charge in [0.15, 0.2) is 0 Å². The number of rotatable bonds is 11. The van der Waals surface area contributed by atoms with Gasteiger partial charge in [0, 0.05) is 36.4 Å². The Hall–Kier alpha value is -4.00. The number of methoxy groups -OCH3 is 1. The van der Waals surface area contributed by atoms with Crippen molar-refractivity contribution in [3.8, 4) is 5.75 Å². The third-order valence-electron chi connectivity index (χ3n) is 7.39. The Bertz CT molecular complexity index is 1470. The number of amides is 1. The molecule has 2 atom stereocenters. The predicted molar refractivity (Wildman–Crippen MR) is 164 cm³/mol. The van der Waals surface area contributed by atoms with Crippen LogP contribution in [0.1, 0.15) is 32.3 Å². The van der Waals surface area contributed by atoms with Crippen molar-refractivity contribution in [1.82, 2.24) is 19.9 Å². The molecule has 1 amide bonds. The maximum Gasteiger partial charge on any atom is 0.247 e. The van der Waals surface area contributed by atoms with E-state index >= 15 is 0 Å². The van der Waals surface area contributed by atoms with Crippen molar-refractivity contribution in [3.05, 3.63) is 59.7 Å². The Labute approximate surface area is 249 Å². The minimum Gasteiger partial charge on any atom is -0.494 e. The molecule has 42 heavy (non-hydrogen) atoms. The number of benzene rings is 2. The van der Waals surface area contributed by atoms with Crippen LogP contribution in [0, 0.1) is 5.82 Å². The van der Waals surface area contributed by atoms with Crippen molar-refractivity contribution < 1.29 is 19.0 Å². The predicted octanol–water partition coefficient (Wildman–Crippen LogP) is 5.04. The number of nitrogens with zero attached hydrogens (tertiary/aromatic N) is 5. The third-order valence-corrected chi connectivity index (χ3v) is 7.68. The van der Waals surface area contributed by atoms with Gasteiger partial charge in [0.25, 0.3) is 0 Å². The summed E-state index contributed by atoms with van der Waals surface area (Å²) in [5.41, 5.74) is 1.22. The van der Waals surface area contributed by atoms with Crippen LogP contribution >= 0.6 is 11.6 Å². The van der Waals surface area contributed by atoms with Crippen LogP contribution in [-0.2, 0) is 10.4 Å². The van der Waals surface area contributed by atoms with Crippen LogP contribution in [0.25, 0.3) is 0 Å². The molecule has 11 nitrogen and oxygen atoms in total. The van der Waals surface area contributed by atoms with Crippen molar-refractivity contribution >= 4 is 52.2 Å². The number of hydrogen-bond donors (Lipinski definition) is 4. The van der Waals surface area contributed by atoms with E-state index in [1.807, 2.05) is 6.07 Å². The van der Waals surface area contributed by atoms with E-state index in [-0.39, 0.29) is 22.8 Å². The molecule has 4 N–H and O–H groups in total. The van der Waals surface area contributed by atoms with E-state index in [4.69, 9.17) is 16.3 Å². The Morgan fingerprint density at radius 3 is 2.52 bits per heavy atom. The summed E-state index contributed by atoms with van der Waals surface area (Å²) in [6, 6.07) is 6.57. The van der Waals surface area contributed by atoms with Gasteiger partial charge >= 0.3 is 0 Å². The number of anilines is 6. The van der Waals surface area contributed by atoms with Crippen LogP contribution in [-0.4, -0.2) is 71.2 Å². The van der Waals surface area contributed by atoms with Crippen LogP contribution in [0.4, 0.5) is 39.0 Å². The Morgan fingerprint density at radius 2 is 1.93 bits per heavy atom. The molecule has 1 aliphatic heterocycles. The Kier molecular flexibility index (Phi) is 9.50. The van der Waals surface area contributed by atoms with Gasteiger partial charge in [-0.15, -0.1) is 0 Å². The van der Waals surface area contributed by atoms with Gasteiger partial charge in [0.05, 0.1) is 34.8 Å². The number of ether oxygens (including phenoxy) is 1. The molecule has 0 radical (unpaired) electrons. The molecule has 0 aliphatic carbocycles. The van der Waals surface area contributed by atoms with Gasteiger partial charge in [-0.2, -0.15) is 4.98 Å². The smallest absolute Gasteiger partial charge is 0.247 e. The Balaban J connectivity index is 1.67. The van der Waals surface area contributed by atoms with E-state index in [0.717, 1.165) is 25.2 Å². The zero-order valence-corrected chi connectivity index (χ0v) is 25.1. The first kappa shape index (κ1) is 30.9. The maximum absolute atomic E-state index is 14.3. The van der Waals surface area contributed by atoms with Crippen molar-refractivity contribution in [1.29, 1.82) is 0 Å². The highest BCUT2D eigenvalue weighted by Crippen LogP contribution is 2.40. The fourth-order valence-electron chi connectivity index (χ4n) is 4.71. The lowest BCUT2D eigenvalue weighted by atomic mass is 9.91. The second kappa shape index (κ2) is 12.9. The standard InChI is InChI=1S/C29H36ClFN8O3/c1-7-26(40)34-22-13-23(25(42-6)14-24(22)39-10-9-17(15-39)38(4)5)36-28-33-16-32-27(37-28)35-21-12-19(30)20(31)11-18(21)29(3,41)8-2/h7,11-14,16-17,41H,1,8-10,15H2,2-6H3,(H,34,40)(H2,32,33,35,36,37)/t17-,29+/m1/s1. The molecule has 13 heteroatoms. The van der Waals surface area contributed by atoms with Gasteiger partial charge in [0.2, 0.25) is 17.8 Å². The summed E-state index contributed by atoms with van der Waals surface area (Å²) in [5.74, 6) is -0.184. The second-order valence-corrected chi connectivity index (χ2v) is 10.8. The van der Waals surface area contributed by atoms with E-state index in [9.17, 15) is 14.3 Å². The molecule has 3 aromatic rings. The number of nitrogens with one attached hydrogen (secondary N) is 3. The number of aromatic nitrogens is 3. The molecule has 1 aromatic heterocycles. The minimum atomic E-state index is -1.33. The van der Waals surface area contributed by atoms with Gasteiger partial charge in [-0.05, 0) is 58.1 Å². The monoisotopic (exact) mass is 598 g/mol. The Morgan fingerprint density at radius 1 is 1.24 bits per heavy atom. The lowest BCUT2D eigenvalue weighted by Crippen LogP contribution is -2.31. The van der Waals surface area contributed by atoms with Crippen molar-refractivity contribution in [2.75, 3.05) is 55.1 Å². The average molecular weight is 599 g/mol. The number of carbonyl (C=O) groups excluding carboxylic acids is 1. The molecule has 1 saturated heterocycles. The summed E-state index contributed by atoms with van der Waals surface area (Å²) in [6.45, 7) is 8.56. The summed E-state index contributed by atoms with van der Waals surface area (Å²) in [4.78, 5) is 29.6. The molecule has 0 unspecified atom stereocenters. The maximum atomic E-state index is 14.3. The van der Waals surface area contributed by atoms with E-state index in [1.54, 1.807) is 27.0 Å². The first-order valence-electron chi connectivity index (χ1n) is 13.5. The van der Waals surface area contributed by atoms with Crippen LogP contribution in [0.15, 0.2) is 43.2 Å². The lowest BCUT2D eigenvalue weighted by Gasteiger charge is -2.26. The molecule has 1 fully saturated rings. The first-order valence-corrected chi connectivity index (χ1v) is 13.8. The SMILES string of the molecule is C=CC(=O)Nc1cc(Nc2ncnc(Nc3cc(Cl)c(F)cc3[C@@](C)(O)CC)n2)c(OC)cc1N1CC[C@@H](N(C)C)C1. The van der Waals surface area contributed by atoms with Gasteiger partial charge < -0.3 is 35.6 Å². The molecule has 224 valence electrons. The topological polar surface area (TPSA) is 128 Å².